The van der Waals surface area contributed by atoms with Crippen LogP contribution < -0.4 is 10.1 Å². The van der Waals surface area contributed by atoms with Gasteiger partial charge in [0.05, 0.1) is 18.8 Å². The highest BCUT2D eigenvalue weighted by Gasteiger charge is 2.27. The van der Waals surface area contributed by atoms with Crippen LogP contribution in [-0.2, 0) is 16.0 Å². The molecule has 1 atom stereocenters. The summed E-state index contributed by atoms with van der Waals surface area (Å²) in [7, 11) is 1.63. The molecular weight excluding hydrogens is 465 g/mol. The molecule has 8 heteroatoms. The third kappa shape index (κ3) is 6.27. The number of nitrogens with one attached hydrogen (secondary N) is 1. The van der Waals surface area contributed by atoms with Gasteiger partial charge in [0, 0.05) is 37.1 Å². The van der Waals surface area contributed by atoms with Crippen LogP contribution in [-0.4, -0.2) is 60.9 Å². The van der Waals surface area contributed by atoms with Gasteiger partial charge in [0.15, 0.2) is 0 Å². The van der Waals surface area contributed by atoms with Crippen LogP contribution in [0.3, 0.4) is 0 Å². The highest BCUT2D eigenvalue weighted by molar-refractivity contribution is 9.10. The van der Waals surface area contributed by atoms with Crippen LogP contribution in [0.2, 0.25) is 0 Å². The quantitative estimate of drug-likeness (QED) is 0.641. The summed E-state index contributed by atoms with van der Waals surface area (Å²) >= 11 is 3.20. The maximum absolute atomic E-state index is 14.0. The van der Waals surface area contributed by atoms with Crippen LogP contribution in [0, 0.1) is 5.82 Å². The molecule has 1 aliphatic heterocycles. The second kappa shape index (κ2) is 10.7. The maximum atomic E-state index is 14.0. The van der Waals surface area contributed by atoms with Crippen molar-refractivity contribution in [3.63, 3.8) is 0 Å². The number of anilines is 1. The Morgan fingerprint density at radius 3 is 2.42 bits per heavy atom. The van der Waals surface area contributed by atoms with E-state index >= 15 is 0 Å². The molecule has 0 saturated carbocycles. The number of nitrogens with zero attached hydrogens (tertiary/aromatic N) is 2. The van der Waals surface area contributed by atoms with Gasteiger partial charge in [-0.05, 0) is 49.2 Å². The lowest BCUT2D eigenvalue weighted by atomic mass is 10.1. The molecule has 1 saturated heterocycles. The van der Waals surface area contributed by atoms with Crippen molar-refractivity contribution in [1.82, 2.24) is 9.80 Å². The number of halogens is 2. The van der Waals surface area contributed by atoms with Crippen LogP contribution in [0.25, 0.3) is 0 Å². The zero-order valence-corrected chi connectivity index (χ0v) is 19.3. The Balaban J connectivity index is 1.45. The normalized spacial score (nSPS) is 15.4. The van der Waals surface area contributed by atoms with E-state index in [1.165, 1.54) is 12.1 Å². The number of methoxy groups -OCH3 is 1. The van der Waals surface area contributed by atoms with E-state index in [-0.39, 0.29) is 17.5 Å². The molecular formula is C23H27BrFN3O3. The molecule has 166 valence electrons. The molecule has 1 unspecified atom stereocenters. The largest absolute Gasteiger partial charge is 0.497 e. The molecule has 2 amide bonds. The maximum Gasteiger partial charge on any atom is 0.241 e. The molecule has 2 aromatic rings. The molecule has 0 aromatic heterocycles. The van der Waals surface area contributed by atoms with Gasteiger partial charge in [-0.1, -0.05) is 28.1 Å². The van der Waals surface area contributed by atoms with E-state index in [1.54, 1.807) is 20.1 Å². The summed E-state index contributed by atoms with van der Waals surface area (Å²) in [6, 6.07) is 11.8. The fraction of sp³-hybridized carbons (Fsp3) is 0.391. The Morgan fingerprint density at radius 1 is 1.13 bits per heavy atom. The van der Waals surface area contributed by atoms with Gasteiger partial charge >= 0.3 is 0 Å². The van der Waals surface area contributed by atoms with Crippen molar-refractivity contribution in [2.75, 3.05) is 38.6 Å². The van der Waals surface area contributed by atoms with Crippen LogP contribution >= 0.6 is 15.9 Å². The van der Waals surface area contributed by atoms with Crippen molar-refractivity contribution in [1.29, 1.82) is 0 Å². The number of rotatable bonds is 7. The van der Waals surface area contributed by atoms with E-state index in [0.717, 1.165) is 11.3 Å². The number of piperazine rings is 1. The highest BCUT2D eigenvalue weighted by atomic mass is 79.9. The molecule has 1 fully saturated rings. The van der Waals surface area contributed by atoms with Gasteiger partial charge < -0.3 is 15.0 Å². The Bertz CT molecular complexity index is 915. The van der Waals surface area contributed by atoms with Crippen molar-refractivity contribution in [3.8, 4) is 5.75 Å². The number of hydrogen-bond acceptors (Lipinski definition) is 4. The molecule has 3 rings (SSSR count). The summed E-state index contributed by atoms with van der Waals surface area (Å²) < 4.78 is 19.7. The first-order valence-electron chi connectivity index (χ1n) is 10.3. The predicted molar refractivity (Wildman–Crippen MR) is 122 cm³/mol. The lowest BCUT2D eigenvalue weighted by molar-refractivity contribution is -0.133. The molecule has 0 bridgehead atoms. The summed E-state index contributed by atoms with van der Waals surface area (Å²) in [4.78, 5) is 29.0. The van der Waals surface area contributed by atoms with Crippen LogP contribution in [0.15, 0.2) is 46.9 Å². The second-order valence-electron chi connectivity index (χ2n) is 7.55. The van der Waals surface area contributed by atoms with Gasteiger partial charge in [0.2, 0.25) is 11.8 Å². The Kier molecular flexibility index (Phi) is 8.03. The number of amides is 2. The van der Waals surface area contributed by atoms with E-state index in [0.29, 0.717) is 43.5 Å². The smallest absolute Gasteiger partial charge is 0.241 e. The van der Waals surface area contributed by atoms with Crippen LogP contribution in [0.4, 0.5) is 10.1 Å². The van der Waals surface area contributed by atoms with E-state index in [4.69, 9.17) is 4.74 Å². The lowest BCUT2D eigenvalue weighted by Gasteiger charge is -2.37. The van der Waals surface area contributed by atoms with E-state index in [1.807, 2.05) is 34.1 Å². The fourth-order valence-electron chi connectivity index (χ4n) is 3.55. The summed E-state index contributed by atoms with van der Waals surface area (Å²) in [6.07, 6.45) is 1.13. The molecule has 1 N–H and O–H groups in total. The minimum absolute atomic E-state index is 0.115. The van der Waals surface area contributed by atoms with Gasteiger partial charge in [-0.25, -0.2) is 4.39 Å². The van der Waals surface area contributed by atoms with Gasteiger partial charge in [-0.2, -0.15) is 0 Å². The predicted octanol–water partition coefficient (Wildman–Crippen LogP) is 3.70. The molecule has 1 heterocycles. The Morgan fingerprint density at radius 2 is 1.81 bits per heavy atom. The summed E-state index contributed by atoms with van der Waals surface area (Å²) in [5.41, 5.74) is 1.26. The third-order valence-corrected chi connectivity index (χ3v) is 6.06. The zero-order valence-electron chi connectivity index (χ0n) is 17.7. The molecule has 0 radical (unpaired) electrons. The number of carbonyl (C=O) groups excluding carboxylic acids is 2. The Hall–Kier alpha value is -2.45. The van der Waals surface area contributed by atoms with Crippen molar-refractivity contribution >= 4 is 33.4 Å². The zero-order chi connectivity index (χ0) is 22.4. The van der Waals surface area contributed by atoms with Crippen LogP contribution in [0.1, 0.15) is 18.9 Å². The summed E-state index contributed by atoms with van der Waals surface area (Å²) in [5, 5.41) is 2.65. The third-order valence-electron chi connectivity index (χ3n) is 5.57. The number of benzene rings is 2. The number of carbonyl (C=O) groups is 2. The monoisotopic (exact) mass is 491 g/mol. The van der Waals surface area contributed by atoms with Crippen molar-refractivity contribution < 1.29 is 18.7 Å². The molecule has 0 spiro atoms. The van der Waals surface area contributed by atoms with E-state index in [9.17, 15) is 14.0 Å². The average molecular weight is 492 g/mol. The number of ether oxygens (including phenoxy) is 1. The van der Waals surface area contributed by atoms with E-state index in [2.05, 4.69) is 21.2 Å². The fourth-order valence-corrected chi connectivity index (χ4v) is 3.89. The summed E-state index contributed by atoms with van der Waals surface area (Å²) in [5.74, 6) is 0.166. The average Bonchev–Trinajstić information content (AvgIpc) is 2.79. The Labute approximate surface area is 190 Å². The van der Waals surface area contributed by atoms with Gasteiger partial charge in [-0.15, -0.1) is 0 Å². The second-order valence-corrected chi connectivity index (χ2v) is 8.47. The minimum Gasteiger partial charge on any atom is -0.497 e. The number of aryl methyl sites for hydroxylation is 1. The van der Waals surface area contributed by atoms with Crippen molar-refractivity contribution in [2.24, 2.45) is 0 Å². The molecule has 0 aliphatic carbocycles. The van der Waals surface area contributed by atoms with Gasteiger partial charge in [0.25, 0.3) is 0 Å². The molecule has 2 aromatic carbocycles. The van der Waals surface area contributed by atoms with Gasteiger partial charge in [-0.3, -0.25) is 14.5 Å². The first-order valence-corrected chi connectivity index (χ1v) is 11.1. The first-order chi connectivity index (χ1) is 14.9. The summed E-state index contributed by atoms with van der Waals surface area (Å²) in [6.45, 7) is 4.15. The lowest BCUT2D eigenvalue weighted by Crippen LogP contribution is -2.54. The first kappa shape index (κ1) is 23.2. The molecule has 1 aliphatic rings. The van der Waals surface area contributed by atoms with Gasteiger partial charge in [0.1, 0.15) is 11.6 Å². The SMILES string of the molecule is COc1ccc(CCC(=O)N2CCN(C(C)C(=O)Nc3ccc(Br)cc3F)CC2)cc1. The standard InChI is InChI=1S/C23H27BrFN3O3/c1-16(23(30)26-21-9-6-18(24)15-20(21)25)27-11-13-28(14-12-27)22(29)10-5-17-3-7-19(31-2)8-4-17/h3-4,6-9,15-16H,5,10-14H2,1-2H3,(H,26,30). The van der Waals surface area contributed by atoms with Crippen molar-refractivity contribution in [3.05, 3.63) is 58.3 Å². The number of hydrogen-bond donors (Lipinski definition) is 1. The minimum atomic E-state index is -0.484. The van der Waals surface area contributed by atoms with Crippen molar-refractivity contribution in [2.45, 2.75) is 25.8 Å². The van der Waals surface area contributed by atoms with E-state index < -0.39 is 11.9 Å². The van der Waals surface area contributed by atoms with Crippen LogP contribution in [0.5, 0.6) is 5.75 Å². The topological polar surface area (TPSA) is 61.9 Å². The molecule has 31 heavy (non-hydrogen) atoms. The molecule has 6 nitrogen and oxygen atoms in total. The highest BCUT2D eigenvalue weighted by Crippen LogP contribution is 2.20.